The minimum absolute atomic E-state index is 0.0145. The van der Waals surface area contributed by atoms with Crippen LogP contribution in [0.3, 0.4) is 0 Å². The fourth-order valence-corrected chi connectivity index (χ4v) is 2.69. The lowest BCUT2D eigenvalue weighted by Crippen LogP contribution is -2.12. The van der Waals surface area contributed by atoms with E-state index in [0.29, 0.717) is 22.2 Å². The summed E-state index contributed by atoms with van der Waals surface area (Å²) in [6.07, 6.45) is 0. The van der Waals surface area contributed by atoms with Crippen molar-refractivity contribution in [2.24, 2.45) is 0 Å². The maximum Gasteiger partial charge on any atom is 0.159 e. The molecule has 0 radical (unpaired) electrons. The molecule has 0 heterocycles. The van der Waals surface area contributed by atoms with Gasteiger partial charge in [0.05, 0.1) is 5.03 Å². The maximum atomic E-state index is 13.6. The van der Waals surface area contributed by atoms with Crippen molar-refractivity contribution in [1.29, 1.82) is 10.5 Å². The van der Waals surface area contributed by atoms with E-state index in [1.807, 2.05) is 19.1 Å². The van der Waals surface area contributed by atoms with Gasteiger partial charge in [0.2, 0.25) is 0 Å². The van der Waals surface area contributed by atoms with Crippen LogP contribution in [0.15, 0.2) is 28.8 Å². The second-order valence-electron chi connectivity index (χ2n) is 3.45. The Kier molecular flexibility index (Phi) is 6.21. The Morgan fingerprint density at radius 2 is 2.11 bits per heavy atom. The summed E-state index contributed by atoms with van der Waals surface area (Å²) in [5, 5.41) is 21.4. The van der Waals surface area contributed by atoms with Gasteiger partial charge >= 0.3 is 0 Å². The Hall–Kier alpha value is -1.69. The van der Waals surface area contributed by atoms with Crippen molar-refractivity contribution in [3.8, 4) is 12.1 Å². The Balaban J connectivity index is 2.93. The van der Waals surface area contributed by atoms with Crippen molar-refractivity contribution >= 4 is 23.4 Å². The average molecular weight is 296 g/mol. The fourth-order valence-electron chi connectivity index (χ4n) is 1.31. The van der Waals surface area contributed by atoms with E-state index in [9.17, 15) is 4.39 Å². The molecule has 0 spiro atoms. The molecule has 0 fully saturated rings. The third-order valence-electron chi connectivity index (χ3n) is 2.21. The van der Waals surface area contributed by atoms with E-state index in [1.54, 1.807) is 6.07 Å². The maximum absolute atomic E-state index is 13.6. The highest BCUT2D eigenvalue weighted by atomic mass is 35.5. The first-order chi connectivity index (χ1) is 9.13. The first kappa shape index (κ1) is 15.4. The normalized spacial score (nSPS) is 9.32. The van der Waals surface area contributed by atoms with Gasteiger partial charge in [-0.25, -0.2) is 4.39 Å². The van der Waals surface area contributed by atoms with Crippen LogP contribution in [0, 0.1) is 28.5 Å². The van der Waals surface area contributed by atoms with Crippen molar-refractivity contribution in [2.45, 2.75) is 12.7 Å². The van der Waals surface area contributed by atoms with E-state index in [-0.39, 0.29) is 11.3 Å². The van der Waals surface area contributed by atoms with Gasteiger partial charge in [-0.3, -0.25) is 0 Å². The molecule has 98 valence electrons. The number of rotatable bonds is 5. The monoisotopic (exact) mass is 295 g/mol. The van der Waals surface area contributed by atoms with Crippen LogP contribution in [-0.2, 0) is 5.75 Å². The number of nitriles is 2. The number of hydrogen-bond donors (Lipinski definition) is 1. The van der Waals surface area contributed by atoms with Gasteiger partial charge in [-0.05, 0) is 19.1 Å². The molecule has 1 aromatic rings. The van der Waals surface area contributed by atoms with E-state index in [4.69, 9.17) is 22.1 Å². The van der Waals surface area contributed by atoms with Crippen molar-refractivity contribution in [3.63, 3.8) is 0 Å². The number of allylic oxidation sites excluding steroid dienone is 1. The molecule has 0 aliphatic carbocycles. The van der Waals surface area contributed by atoms with Crippen LogP contribution in [0.5, 0.6) is 0 Å². The Labute approximate surface area is 120 Å². The van der Waals surface area contributed by atoms with Crippen LogP contribution in [-0.4, -0.2) is 6.54 Å². The molecular weight excluding hydrogens is 285 g/mol. The molecule has 0 bridgehead atoms. The quantitative estimate of drug-likeness (QED) is 0.844. The van der Waals surface area contributed by atoms with Crippen LogP contribution in [0.2, 0.25) is 5.02 Å². The van der Waals surface area contributed by atoms with Crippen molar-refractivity contribution in [1.82, 2.24) is 5.32 Å². The van der Waals surface area contributed by atoms with Crippen LogP contribution in [0.25, 0.3) is 0 Å². The minimum Gasteiger partial charge on any atom is -0.378 e. The smallest absolute Gasteiger partial charge is 0.159 e. The number of halogens is 2. The summed E-state index contributed by atoms with van der Waals surface area (Å²) in [5.74, 6) is -0.146. The summed E-state index contributed by atoms with van der Waals surface area (Å²) < 4.78 is 13.6. The molecule has 0 unspecified atom stereocenters. The molecule has 1 aromatic carbocycles. The lowest BCUT2D eigenvalue weighted by atomic mass is 10.2. The summed E-state index contributed by atoms with van der Waals surface area (Å²) in [5.41, 5.74) is 0.346. The molecule has 0 aliphatic heterocycles. The first-order valence-corrected chi connectivity index (χ1v) is 6.84. The molecule has 0 saturated heterocycles. The predicted octanol–water partition coefficient (Wildman–Crippen LogP) is 3.58. The second-order valence-corrected chi connectivity index (χ2v) is 4.84. The van der Waals surface area contributed by atoms with Crippen molar-refractivity contribution in [2.75, 3.05) is 6.54 Å². The zero-order chi connectivity index (χ0) is 14.3. The molecule has 6 heteroatoms. The highest BCUT2D eigenvalue weighted by Gasteiger charge is 2.11. The van der Waals surface area contributed by atoms with Crippen LogP contribution in [0.1, 0.15) is 12.5 Å². The van der Waals surface area contributed by atoms with Crippen molar-refractivity contribution < 1.29 is 4.39 Å². The third kappa shape index (κ3) is 4.17. The molecule has 0 aliphatic rings. The van der Waals surface area contributed by atoms with Crippen molar-refractivity contribution in [3.05, 3.63) is 45.2 Å². The largest absolute Gasteiger partial charge is 0.378 e. The van der Waals surface area contributed by atoms with Crippen LogP contribution < -0.4 is 5.32 Å². The average Bonchev–Trinajstić information content (AvgIpc) is 2.39. The summed E-state index contributed by atoms with van der Waals surface area (Å²) in [7, 11) is 0. The van der Waals surface area contributed by atoms with Gasteiger partial charge < -0.3 is 5.32 Å². The lowest BCUT2D eigenvalue weighted by Gasteiger charge is -2.10. The molecule has 19 heavy (non-hydrogen) atoms. The van der Waals surface area contributed by atoms with Gasteiger partial charge in [-0.2, -0.15) is 10.5 Å². The van der Waals surface area contributed by atoms with Crippen LogP contribution >= 0.6 is 23.4 Å². The standard InChI is InChI=1S/C13H11ClFN3S/c1-2-18-13(9(6-16)7-17)19-8-10-11(14)4-3-5-12(10)15/h3-5,18H,2,8H2,1H3. The molecule has 0 amide bonds. The summed E-state index contributed by atoms with van der Waals surface area (Å²) in [6.45, 7) is 2.42. The molecular formula is C13H11ClFN3S. The van der Waals surface area contributed by atoms with E-state index < -0.39 is 5.82 Å². The number of nitrogens with one attached hydrogen (secondary N) is 1. The third-order valence-corrected chi connectivity index (χ3v) is 3.63. The highest BCUT2D eigenvalue weighted by molar-refractivity contribution is 8.02. The molecule has 1 rings (SSSR count). The van der Waals surface area contributed by atoms with Gasteiger partial charge in [0, 0.05) is 22.9 Å². The van der Waals surface area contributed by atoms with Gasteiger partial charge in [0.25, 0.3) is 0 Å². The summed E-state index contributed by atoms with van der Waals surface area (Å²) >= 11 is 7.10. The first-order valence-electron chi connectivity index (χ1n) is 5.48. The molecule has 0 saturated carbocycles. The number of thioether (sulfide) groups is 1. The van der Waals surface area contributed by atoms with Gasteiger partial charge in [-0.15, -0.1) is 11.8 Å². The molecule has 0 aromatic heterocycles. The summed E-state index contributed by atoms with van der Waals surface area (Å²) in [4.78, 5) is 0. The van der Waals surface area contributed by atoms with Gasteiger partial charge in [0.1, 0.15) is 18.0 Å². The lowest BCUT2D eigenvalue weighted by molar-refractivity contribution is 0.617. The zero-order valence-electron chi connectivity index (χ0n) is 10.2. The molecule has 1 N–H and O–H groups in total. The zero-order valence-corrected chi connectivity index (χ0v) is 11.8. The van der Waals surface area contributed by atoms with Crippen LogP contribution in [0.4, 0.5) is 4.39 Å². The predicted molar refractivity (Wildman–Crippen MR) is 74.6 cm³/mol. The highest BCUT2D eigenvalue weighted by Crippen LogP contribution is 2.28. The van der Waals surface area contributed by atoms with Gasteiger partial charge in [-0.1, -0.05) is 17.7 Å². The number of benzene rings is 1. The minimum atomic E-state index is -0.397. The van der Waals surface area contributed by atoms with E-state index in [0.717, 1.165) is 0 Å². The summed E-state index contributed by atoms with van der Waals surface area (Å²) in [6, 6.07) is 8.08. The van der Waals surface area contributed by atoms with E-state index in [2.05, 4.69) is 5.32 Å². The Morgan fingerprint density at radius 3 is 2.63 bits per heavy atom. The topological polar surface area (TPSA) is 59.6 Å². The molecule has 3 nitrogen and oxygen atoms in total. The Bertz CT molecular complexity index is 536. The van der Waals surface area contributed by atoms with Gasteiger partial charge in [0.15, 0.2) is 5.57 Å². The second kappa shape index (κ2) is 7.68. The number of hydrogen-bond acceptors (Lipinski definition) is 4. The SMILES string of the molecule is CCNC(SCc1c(F)cccc1Cl)=C(C#N)C#N. The number of nitrogens with zero attached hydrogens (tertiary/aromatic N) is 2. The Morgan fingerprint density at radius 1 is 1.42 bits per heavy atom. The fraction of sp³-hybridized carbons (Fsp3) is 0.231. The van der Waals surface area contributed by atoms with E-state index in [1.165, 1.54) is 23.9 Å². The molecule has 0 atom stereocenters. The van der Waals surface area contributed by atoms with E-state index >= 15 is 0 Å².